The molecule has 0 spiro atoms. The van der Waals surface area contributed by atoms with Crippen LogP contribution in [0.4, 0.5) is 0 Å². The summed E-state index contributed by atoms with van der Waals surface area (Å²) in [5.41, 5.74) is -0.579. The maximum atomic E-state index is 12.4. The number of hydrogen-bond acceptors (Lipinski definition) is 8. The molecule has 1 heterocycles. The summed E-state index contributed by atoms with van der Waals surface area (Å²) in [5.74, 6) is -1.33. The summed E-state index contributed by atoms with van der Waals surface area (Å²) in [5, 5.41) is 36.5. The summed E-state index contributed by atoms with van der Waals surface area (Å²) in [7, 11) is 0. The van der Waals surface area contributed by atoms with Crippen molar-refractivity contribution in [1.29, 1.82) is 0 Å². The predicted octanol–water partition coefficient (Wildman–Crippen LogP) is 2.57. The molecule has 2 aromatic carbocycles. The topological polar surface area (TPSA) is 130 Å². The van der Waals surface area contributed by atoms with Crippen molar-refractivity contribution in [3.8, 4) is 34.3 Å². The van der Waals surface area contributed by atoms with Crippen LogP contribution in [0.5, 0.6) is 23.0 Å². The van der Waals surface area contributed by atoms with Gasteiger partial charge in [0.05, 0.1) is 0 Å². The number of rotatable bonds is 3. The number of aromatic hydroxyl groups is 2. The van der Waals surface area contributed by atoms with Gasteiger partial charge in [-0.3, -0.25) is 4.79 Å². The number of phenolic OH excluding ortho intramolecular Hbond substituents is 2. The second-order valence-electron chi connectivity index (χ2n) is 4.64. The third-order valence-corrected chi connectivity index (χ3v) is 3.22. The van der Waals surface area contributed by atoms with Crippen molar-refractivity contribution in [2.75, 3.05) is 0 Å². The molecule has 0 aliphatic carbocycles. The first kappa shape index (κ1) is 14.7. The van der Waals surface area contributed by atoms with Crippen molar-refractivity contribution in [3.63, 3.8) is 0 Å². The first-order valence-corrected chi connectivity index (χ1v) is 6.31. The van der Waals surface area contributed by atoms with Gasteiger partial charge in [0.25, 0.3) is 5.75 Å². The molecule has 118 valence electrons. The lowest BCUT2D eigenvalue weighted by Gasteiger charge is -2.09. The molecule has 0 bridgehead atoms. The molecular weight excluding hydrogens is 308 g/mol. The van der Waals surface area contributed by atoms with E-state index in [4.69, 9.17) is 14.9 Å². The van der Waals surface area contributed by atoms with Gasteiger partial charge in [-0.05, 0) is 24.3 Å². The molecule has 8 nitrogen and oxygen atoms in total. The van der Waals surface area contributed by atoms with E-state index in [1.165, 1.54) is 24.3 Å². The van der Waals surface area contributed by atoms with Crippen LogP contribution in [0.3, 0.4) is 0 Å². The summed E-state index contributed by atoms with van der Waals surface area (Å²) in [6.07, 6.45) is 0. The van der Waals surface area contributed by atoms with Crippen molar-refractivity contribution < 1.29 is 34.9 Å². The van der Waals surface area contributed by atoms with E-state index in [0.29, 0.717) is 5.56 Å². The molecular formula is C15H10O8. The Kier molecular flexibility index (Phi) is 3.53. The zero-order valence-electron chi connectivity index (χ0n) is 11.4. The Morgan fingerprint density at radius 3 is 2.22 bits per heavy atom. The fourth-order valence-electron chi connectivity index (χ4n) is 2.21. The van der Waals surface area contributed by atoms with Gasteiger partial charge < -0.3 is 24.4 Å². The minimum atomic E-state index is -0.819. The van der Waals surface area contributed by atoms with Crippen LogP contribution in [0, 0.1) is 0 Å². The highest BCUT2D eigenvalue weighted by Gasteiger charge is 2.22. The smallest absolute Gasteiger partial charge is 0.256 e. The number of benzene rings is 2. The number of hydrogen-bond donors (Lipinski definition) is 4. The molecule has 0 fully saturated rings. The van der Waals surface area contributed by atoms with Gasteiger partial charge in [-0.1, -0.05) is 0 Å². The third kappa shape index (κ3) is 2.41. The van der Waals surface area contributed by atoms with Gasteiger partial charge in [0.1, 0.15) is 22.5 Å². The number of phenols is 2. The minimum absolute atomic E-state index is 0.00281. The highest BCUT2D eigenvalue weighted by atomic mass is 17.1. The first-order chi connectivity index (χ1) is 11.0. The van der Waals surface area contributed by atoms with Crippen LogP contribution >= 0.6 is 0 Å². The zero-order valence-corrected chi connectivity index (χ0v) is 11.4. The van der Waals surface area contributed by atoms with Crippen LogP contribution in [0.15, 0.2) is 45.6 Å². The van der Waals surface area contributed by atoms with Crippen molar-refractivity contribution in [2.24, 2.45) is 0 Å². The van der Waals surface area contributed by atoms with Crippen molar-refractivity contribution in [3.05, 3.63) is 46.6 Å². The molecule has 0 unspecified atom stereocenters. The van der Waals surface area contributed by atoms with Gasteiger partial charge in [-0.2, -0.15) is 0 Å². The molecule has 0 saturated heterocycles. The van der Waals surface area contributed by atoms with Gasteiger partial charge in [0, 0.05) is 17.7 Å². The van der Waals surface area contributed by atoms with E-state index in [1.807, 2.05) is 0 Å². The molecule has 0 radical (unpaired) electrons. The maximum absolute atomic E-state index is 12.4. The lowest BCUT2D eigenvalue weighted by Crippen LogP contribution is -2.09. The molecule has 0 saturated carbocycles. The monoisotopic (exact) mass is 318 g/mol. The van der Waals surface area contributed by atoms with Crippen LogP contribution in [0.2, 0.25) is 0 Å². The molecule has 1 aromatic heterocycles. The summed E-state index contributed by atoms with van der Waals surface area (Å²) in [4.78, 5) is 20.6. The van der Waals surface area contributed by atoms with Crippen LogP contribution in [-0.2, 0) is 0 Å². The summed E-state index contributed by atoms with van der Waals surface area (Å²) in [6, 6.07) is 7.73. The van der Waals surface area contributed by atoms with E-state index in [0.717, 1.165) is 12.1 Å². The summed E-state index contributed by atoms with van der Waals surface area (Å²) in [6.45, 7) is 0. The van der Waals surface area contributed by atoms with Gasteiger partial charge in [-0.25, -0.2) is 10.5 Å². The van der Waals surface area contributed by atoms with E-state index in [9.17, 15) is 15.0 Å². The highest BCUT2D eigenvalue weighted by Crippen LogP contribution is 2.36. The molecule has 0 aliphatic heterocycles. The quantitative estimate of drug-likeness (QED) is 0.428. The molecule has 3 rings (SSSR count). The van der Waals surface area contributed by atoms with Crippen LogP contribution in [0.25, 0.3) is 22.3 Å². The molecule has 0 amide bonds. The molecule has 0 atom stereocenters. The Morgan fingerprint density at radius 2 is 1.61 bits per heavy atom. The van der Waals surface area contributed by atoms with Crippen molar-refractivity contribution >= 4 is 11.0 Å². The Morgan fingerprint density at radius 1 is 0.913 bits per heavy atom. The van der Waals surface area contributed by atoms with Crippen molar-refractivity contribution in [2.45, 2.75) is 0 Å². The van der Waals surface area contributed by atoms with Gasteiger partial charge >= 0.3 is 0 Å². The fraction of sp³-hybridized carbons (Fsp3) is 0. The second kappa shape index (κ2) is 5.52. The van der Waals surface area contributed by atoms with Crippen LogP contribution in [0.1, 0.15) is 0 Å². The molecule has 3 aromatic rings. The minimum Gasteiger partial charge on any atom is -0.508 e. The van der Waals surface area contributed by atoms with Gasteiger partial charge in [0.2, 0.25) is 5.43 Å². The lowest BCUT2D eigenvalue weighted by atomic mass is 10.1. The van der Waals surface area contributed by atoms with E-state index in [-0.39, 0.29) is 34.0 Å². The van der Waals surface area contributed by atoms with Gasteiger partial charge in [-0.15, -0.1) is 0 Å². The fourth-order valence-corrected chi connectivity index (χ4v) is 2.21. The van der Waals surface area contributed by atoms with Crippen LogP contribution < -0.4 is 15.2 Å². The first-order valence-electron chi connectivity index (χ1n) is 6.31. The van der Waals surface area contributed by atoms with Crippen molar-refractivity contribution in [1.82, 2.24) is 0 Å². The van der Waals surface area contributed by atoms with Crippen LogP contribution in [-0.4, -0.2) is 20.7 Å². The van der Waals surface area contributed by atoms with E-state index < -0.39 is 11.2 Å². The predicted molar refractivity (Wildman–Crippen MR) is 77.8 cm³/mol. The Hall–Kier alpha value is -3.23. The molecule has 23 heavy (non-hydrogen) atoms. The SMILES string of the molecule is O=c1c(OO)c(-c2ccc(O)cc2)oc2cc(O)cc(OO)c12. The normalized spacial score (nSPS) is 10.7. The average Bonchev–Trinajstić information content (AvgIpc) is 2.54. The average molecular weight is 318 g/mol. The van der Waals surface area contributed by atoms with Gasteiger partial charge in [0.15, 0.2) is 11.5 Å². The molecule has 8 heteroatoms. The molecule has 0 aliphatic rings. The zero-order chi connectivity index (χ0) is 16.6. The standard InChI is InChI=1S/C15H10O8/c16-8-3-1-7(2-4-8)14-15(23-20)13(18)12-10(21-14)5-9(17)6-11(12)22-19/h1-6,16-17,19-20H. The van der Waals surface area contributed by atoms with E-state index in [1.54, 1.807) is 0 Å². The highest BCUT2D eigenvalue weighted by molar-refractivity contribution is 5.88. The van der Waals surface area contributed by atoms with E-state index in [2.05, 4.69) is 9.78 Å². The Bertz CT molecular complexity index is 927. The Balaban J connectivity index is 2.39. The summed E-state index contributed by atoms with van der Waals surface area (Å²) < 4.78 is 5.50. The largest absolute Gasteiger partial charge is 0.508 e. The van der Waals surface area contributed by atoms with E-state index >= 15 is 0 Å². The molecule has 4 N–H and O–H groups in total. The maximum Gasteiger partial charge on any atom is 0.256 e. The summed E-state index contributed by atoms with van der Waals surface area (Å²) >= 11 is 0. The Labute approximate surface area is 127 Å². The second-order valence-corrected chi connectivity index (χ2v) is 4.64. The third-order valence-electron chi connectivity index (χ3n) is 3.22. The number of fused-ring (bicyclic) bond motifs is 1. The lowest BCUT2D eigenvalue weighted by molar-refractivity contribution is -0.139.